The Balaban J connectivity index is 1.59. The number of piperidine rings is 1. The van der Waals surface area contributed by atoms with Crippen molar-refractivity contribution in [3.05, 3.63) is 39.8 Å². The fourth-order valence-corrected chi connectivity index (χ4v) is 4.14. The van der Waals surface area contributed by atoms with Crippen LogP contribution in [0.4, 0.5) is 0 Å². The normalized spacial score (nSPS) is 21.2. The molecule has 2 aromatic rings. The van der Waals surface area contributed by atoms with E-state index in [0.29, 0.717) is 12.8 Å². The molecule has 1 atom stereocenters. The molecule has 1 unspecified atom stereocenters. The average Bonchev–Trinajstić information content (AvgIpc) is 3.19. The second-order valence-electron chi connectivity index (χ2n) is 5.98. The summed E-state index contributed by atoms with van der Waals surface area (Å²) in [5.74, 6) is 1.75. The zero-order valence-electron chi connectivity index (χ0n) is 12.7. The lowest BCUT2D eigenvalue weighted by atomic mass is 10.00. The highest BCUT2D eigenvalue weighted by atomic mass is 32.1. The van der Waals surface area contributed by atoms with Gasteiger partial charge in [0.1, 0.15) is 5.01 Å². The van der Waals surface area contributed by atoms with Crippen molar-refractivity contribution in [2.24, 2.45) is 0 Å². The second-order valence-corrected chi connectivity index (χ2v) is 6.91. The summed E-state index contributed by atoms with van der Waals surface area (Å²) in [6, 6.07) is 4.70. The number of likely N-dealkylation sites (tertiary alicyclic amines) is 1. The Bertz CT molecular complexity index is 657. The first-order valence-electron chi connectivity index (χ1n) is 7.84. The summed E-state index contributed by atoms with van der Waals surface area (Å²) in [6.07, 6.45) is 5.68. The number of nitrogens with zero attached hydrogens (tertiary/aromatic N) is 2. The molecule has 0 saturated carbocycles. The monoisotopic (exact) mass is 316 g/mol. The van der Waals surface area contributed by atoms with Gasteiger partial charge in [-0.2, -0.15) is 0 Å². The highest BCUT2D eigenvalue weighted by Crippen LogP contribution is 2.37. The van der Waals surface area contributed by atoms with Crippen molar-refractivity contribution in [3.8, 4) is 11.5 Å². The van der Waals surface area contributed by atoms with Crippen LogP contribution < -0.4 is 9.47 Å². The predicted molar refractivity (Wildman–Crippen MR) is 86.4 cm³/mol. The molecule has 0 radical (unpaired) electrons. The largest absolute Gasteiger partial charge is 0.454 e. The van der Waals surface area contributed by atoms with Gasteiger partial charge >= 0.3 is 0 Å². The lowest BCUT2D eigenvalue weighted by molar-refractivity contribution is 0.140. The first-order valence-corrected chi connectivity index (χ1v) is 8.72. The van der Waals surface area contributed by atoms with E-state index in [-0.39, 0.29) is 0 Å². The molecule has 1 aromatic carbocycles. The summed E-state index contributed by atoms with van der Waals surface area (Å²) in [5, 5.41) is 3.33. The quantitative estimate of drug-likeness (QED) is 0.860. The van der Waals surface area contributed by atoms with Crippen molar-refractivity contribution in [1.29, 1.82) is 0 Å². The Hall–Kier alpha value is -1.59. The zero-order valence-corrected chi connectivity index (χ0v) is 13.6. The lowest BCUT2D eigenvalue weighted by Crippen LogP contribution is -2.33. The van der Waals surface area contributed by atoms with E-state index in [1.807, 2.05) is 6.20 Å². The molecule has 4 nitrogen and oxygen atoms in total. The van der Waals surface area contributed by atoms with Crippen molar-refractivity contribution in [1.82, 2.24) is 9.88 Å². The topological polar surface area (TPSA) is 34.6 Å². The summed E-state index contributed by atoms with van der Waals surface area (Å²) >= 11 is 1.77. The summed E-state index contributed by atoms with van der Waals surface area (Å²) in [7, 11) is 0. The van der Waals surface area contributed by atoms with Crippen LogP contribution in [-0.2, 0) is 6.54 Å². The molecule has 3 heterocycles. The highest BCUT2D eigenvalue weighted by molar-refractivity contribution is 7.09. The van der Waals surface area contributed by atoms with Crippen LogP contribution in [0.5, 0.6) is 11.5 Å². The third kappa shape index (κ3) is 2.59. The smallest absolute Gasteiger partial charge is 0.231 e. The molecule has 0 amide bonds. The van der Waals surface area contributed by atoms with E-state index in [1.165, 1.54) is 35.4 Å². The Morgan fingerprint density at radius 2 is 2.14 bits per heavy atom. The summed E-state index contributed by atoms with van der Waals surface area (Å²) in [5.41, 5.74) is 2.60. The minimum atomic E-state index is 0.337. The van der Waals surface area contributed by atoms with Gasteiger partial charge in [0.2, 0.25) is 6.79 Å². The molecule has 0 aliphatic carbocycles. The van der Waals surface area contributed by atoms with Gasteiger partial charge in [0.15, 0.2) is 11.5 Å². The molecule has 1 fully saturated rings. The number of thiazole rings is 1. The standard InChI is InChI=1S/C17H20N2O2S/c1-12-8-15-16(21-11-20-15)9-13(12)10-19-6-3-2-4-14(19)17-18-5-7-22-17/h5,7-9,14H,2-4,6,10-11H2,1H3. The SMILES string of the molecule is Cc1cc2c(cc1CN1CCCCC1c1nccs1)OCO2. The Kier molecular flexibility index (Phi) is 3.76. The van der Waals surface area contributed by atoms with E-state index < -0.39 is 0 Å². The molecular formula is C17H20N2O2S. The Morgan fingerprint density at radius 1 is 1.27 bits per heavy atom. The first-order chi connectivity index (χ1) is 10.8. The van der Waals surface area contributed by atoms with Gasteiger partial charge in [0.25, 0.3) is 0 Å². The van der Waals surface area contributed by atoms with Crippen LogP contribution in [0.25, 0.3) is 0 Å². The molecular weight excluding hydrogens is 296 g/mol. The third-order valence-corrected chi connectivity index (χ3v) is 5.43. The Morgan fingerprint density at radius 3 is 2.95 bits per heavy atom. The summed E-state index contributed by atoms with van der Waals surface area (Å²) < 4.78 is 11.0. The highest BCUT2D eigenvalue weighted by Gasteiger charge is 2.27. The van der Waals surface area contributed by atoms with Crippen LogP contribution in [0.15, 0.2) is 23.7 Å². The summed E-state index contributed by atoms with van der Waals surface area (Å²) in [6.45, 7) is 4.58. The maximum Gasteiger partial charge on any atom is 0.231 e. The molecule has 1 saturated heterocycles. The van der Waals surface area contributed by atoms with Gasteiger partial charge in [-0.3, -0.25) is 4.90 Å². The molecule has 0 spiro atoms. The second kappa shape index (κ2) is 5.89. The zero-order chi connectivity index (χ0) is 14.9. The van der Waals surface area contributed by atoms with Gasteiger partial charge in [-0.1, -0.05) is 6.42 Å². The van der Waals surface area contributed by atoms with Crippen LogP contribution in [0, 0.1) is 6.92 Å². The number of hydrogen-bond donors (Lipinski definition) is 0. The van der Waals surface area contributed by atoms with Crippen molar-refractivity contribution >= 4 is 11.3 Å². The van der Waals surface area contributed by atoms with E-state index in [2.05, 4.69) is 34.3 Å². The van der Waals surface area contributed by atoms with E-state index >= 15 is 0 Å². The van der Waals surface area contributed by atoms with E-state index in [9.17, 15) is 0 Å². The molecule has 0 N–H and O–H groups in total. The van der Waals surface area contributed by atoms with Crippen LogP contribution >= 0.6 is 11.3 Å². The van der Waals surface area contributed by atoms with Gasteiger partial charge in [-0.05, 0) is 49.6 Å². The van der Waals surface area contributed by atoms with Gasteiger partial charge in [-0.15, -0.1) is 11.3 Å². The number of hydrogen-bond acceptors (Lipinski definition) is 5. The van der Waals surface area contributed by atoms with Crippen LogP contribution in [0.1, 0.15) is 41.4 Å². The Labute approximate surface area is 134 Å². The first kappa shape index (κ1) is 14.0. The lowest BCUT2D eigenvalue weighted by Gasteiger charge is -2.34. The molecule has 2 aliphatic rings. The number of fused-ring (bicyclic) bond motifs is 1. The van der Waals surface area contributed by atoms with E-state index in [0.717, 1.165) is 24.6 Å². The fourth-order valence-electron chi connectivity index (χ4n) is 3.33. The molecule has 1 aromatic heterocycles. The van der Waals surface area contributed by atoms with Gasteiger partial charge < -0.3 is 9.47 Å². The maximum atomic E-state index is 5.53. The molecule has 22 heavy (non-hydrogen) atoms. The fraction of sp³-hybridized carbons (Fsp3) is 0.471. The van der Waals surface area contributed by atoms with Crippen molar-refractivity contribution in [3.63, 3.8) is 0 Å². The van der Waals surface area contributed by atoms with Gasteiger partial charge in [-0.25, -0.2) is 4.98 Å². The van der Waals surface area contributed by atoms with Crippen LogP contribution in [0.3, 0.4) is 0 Å². The van der Waals surface area contributed by atoms with Gasteiger partial charge in [0.05, 0.1) is 6.04 Å². The average molecular weight is 316 g/mol. The number of rotatable bonds is 3. The van der Waals surface area contributed by atoms with Crippen molar-refractivity contribution in [2.45, 2.75) is 38.8 Å². The van der Waals surface area contributed by atoms with Crippen molar-refractivity contribution < 1.29 is 9.47 Å². The number of aromatic nitrogens is 1. The van der Waals surface area contributed by atoms with E-state index in [4.69, 9.17) is 9.47 Å². The number of ether oxygens (including phenoxy) is 2. The third-order valence-electron chi connectivity index (χ3n) is 4.55. The van der Waals surface area contributed by atoms with E-state index in [1.54, 1.807) is 11.3 Å². The summed E-state index contributed by atoms with van der Waals surface area (Å²) in [4.78, 5) is 7.11. The number of benzene rings is 1. The van der Waals surface area contributed by atoms with Crippen LogP contribution in [-0.4, -0.2) is 23.2 Å². The molecule has 5 heteroatoms. The van der Waals surface area contributed by atoms with Crippen LogP contribution in [0.2, 0.25) is 0 Å². The molecule has 0 bridgehead atoms. The van der Waals surface area contributed by atoms with Gasteiger partial charge in [0, 0.05) is 18.1 Å². The number of aryl methyl sites for hydroxylation is 1. The molecule has 2 aliphatic heterocycles. The molecule has 116 valence electrons. The maximum absolute atomic E-state index is 5.53. The minimum absolute atomic E-state index is 0.337. The minimum Gasteiger partial charge on any atom is -0.454 e. The molecule has 4 rings (SSSR count). The van der Waals surface area contributed by atoms with Crippen molar-refractivity contribution in [2.75, 3.05) is 13.3 Å². The predicted octanol–water partition coefficient (Wildman–Crippen LogP) is 3.91.